The van der Waals surface area contributed by atoms with Gasteiger partial charge in [-0.1, -0.05) is 11.6 Å². The van der Waals surface area contributed by atoms with E-state index in [9.17, 15) is 0 Å². The number of hydrogen-bond acceptors (Lipinski definition) is 2. The lowest BCUT2D eigenvalue weighted by atomic mass is 10.0. The Hall–Kier alpha value is -1.61. The molecule has 0 aliphatic heterocycles. The number of fused-ring (bicyclic) bond motifs is 1. The number of aryl methyl sites for hydroxylation is 2. The first-order valence-corrected chi connectivity index (χ1v) is 5.28. The number of rotatable bonds is 1. The summed E-state index contributed by atoms with van der Waals surface area (Å²) in [5.41, 5.74) is 8.87. The monoisotopic (exact) mass is 233 g/mol. The topological polar surface area (TPSA) is 62.8 Å². The molecule has 0 unspecified atom stereocenters. The SMILES string of the molecule is Cc1cc(C)c2cc(Cl)cc(C(=N)N)c2n1. The number of aromatic nitrogens is 1. The second-order valence-corrected chi connectivity index (χ2v) is 4.28. The lowest BCUT2D eigenvalue weighted by Crippen LogP contribution is -2.12. The number of nitrogens with one attached hydrogen (secondary N) is 1. The molecule has 0 bridgehead atoms. The van der Waals surface area contributed by atoms with Gasteiger partial charge in [-0.05, 0) is 37.6 Å². The number of amidine groups is 1. The van der Waals surface area contributed by atoms with Gasteiger partial charge in [0.25, 0.3) is 0 Å². The maximum Gasteiger partial charge on any atom is 0.125 e. The van der Waals surface area contributed by atoms with Crippen molar-refractivity contribution in [2.24, 2.45) is 5.73 Å². The zero-order chi connectivity index (χ0) is 11.9. The van der Waals surface area contributed by atoms with Gasteiger partial charge in [-0.15, -0.1) is 0 Å². The van der Waals surface area contributed by atoms with Crippen molar-refractivity contribution in [1.82, 2.24) is 4.98 Å². The molecule has 0 radical (unpaired) electrons. The number of halogens is 1. The van der Waals surface area contributed by atoms with Gasteiger partial charge >= 0.3 is 0 Å². The minimum absolute atomic E-state index is 0.00926. The first-order chi connectivity index (χ1) is 7.49. The molecule has 1 aromatic carbocycles. The van der Waals surface area contributed by atoms with Crippen LogP contribution in [0.15, 0.2) is 18.2 Å². The van der Waals surface area contributed by atoms with Crippen LogP contribution in [0.5, 0.6) is 0 Å². The molecule has 2 aromatic rings. The number of nitrogens with zero attached hydrogens (tertiary/aromatic N) is 1. The van der Waals surface area contributed by atoms with Crippen molar-refractivity contribution in [2.45, 2.75) is 13.8 Å². The molecule has 2 rings (SSSR count). The fourth-order valence-corrected chi connectivity index (χ4v) is 2.04. The van der Waals surface area contributed by atoms with Crippen molar-refractivity contribution in [3.05, 3.63) is 40.0 Å². The van der Waals surface area contributed by atoms with Crippen LogP contribution in [0, 0.1) is 19.3 Å². The van der Waals surface area contributed by atoms with Gasteiger partial charge in [-0.3, -0.25) is 10.4 Å². The Bertz CT molecular complexity index is 590. The van der Waals surface area contributed by atoms with E-state index in [0.29, 0.717) is 10.6 Å². The van der Waals surface area contributed by atoms with E-state index in [-0.39, 0.29) is 5.84 Å². The molecule has 0 aliphatic carbocycles. The summed E-state index contributed by atoms with van der Waals surface area (Å²) in [4.78, 5) is 4.42. The molecule has 4 heteroatoms. The molecule has 0 fully saturated rings. The van der Waals surface area contributed by atoms with Crippen LogP contribution in [0.3, 0.4) is 0 Å². The minimum atomic E-state index is -0.00926. The third-order valence-corrected chi connectivity index (χ3v) is 2.72. The van der Waals surface area contributed by atoms with Crippen LogP contribution in [-0.4, -0.2) is 10.8 Å². The Labute approximate surface area is 98.8 Å². The van der Waals surface area contributed by atoms with Crippen LogP contribution in [-0.2, 0) is 0 Å². The quantitative estimate of drug-likeness (QED) is 0.588. The standard InChI is InChI=1S/C12H12ClN3/c1-6-3-7(2)16-11-9(6)4-8(13)5-10(11)12(14)15/h3-5H,1-2H3,(H3,14,15). The van der Waals surface area contributed by atoms with E-state index in [2.05, 4.69) is 4.98 Å². The Morgan fingerprint density at radius 3 is 2.62 bits per heavy atom. The predicted octanol–water partition coefficient (Wildman–Crippen LogP) is 2.79. The highest BCUT2D eigenvalue weighted by atomic mass is 35.5. The molecular weight excluding hydrogens is 222 g/mol. The second kappa shape index (κ2) is 3.76. The maximum absolute atomic E-state index is 7.53. The van der Waals surface area contributed by atoms with E-state index >= 15 is 0 Å². The minimum Gasteiger partial charge on any atom is -0.384 e. The normalized spacial score (nSPS) is 10.7. The molecule has 1 aromatic heterocycles. The fraction of sp³-hybridized carbons (Fsp3) is 0.167. The molecule has 0 aliphatic rings. The zero-order valence-electron chi connectivity index (χ0n) is 9.13. The van der Waals surface area contributed by atoms with Crippen molar-refractivity contribution in [2.75, 3.05) is 0 Å². The molecule has 0 spiro atoms. The Balaban J connectivity index is 2.95. The molecule has 82 valence electrons. The molecule has 0 atom stereocenters. The summed E-state index contributed by atoms with van der Waals surface area (Å²) >= 11 is 6.00. The zero-order valence-corrected chi connectivity index (χ0v) is 9.89. The first-order valence-electron chi connectivity index (χ1n) is 4.91. The van der Waals surface area contributed by atoms with Gasteiger partial charge in [0.05, 0.1) is 5.52 Å². The van der Waals surface area contributed by atoms with Crippen molar-refractivity contribution in [1.29, 1.82) is 5.41 Å². The molecule has 16 heavy (non-hydrogen) atoms. The maximum atomic E-state index is 7.53. The molecule has 3 nitrogen and oxygen atoms in total. The molecule has 0 amide bonds. The Morgan fingerprint density at radius 1 is 1.31 bits per heavy atom. The lowest BCUT2D eigenvalue weighted by Gasteiger charge is -2.08. The van der Waals surface area contributed by atoms with E-state index in [1.165, 1.54) is 0 Å². The summed E-state index contributed by atoms with van der Waals surface area (Å²) in [6.07, 6.45) is 0. The second-order valence-electron chi connectivity index (χ2n) is 3.84. The van der Waals surface area contributed by atoms with Crippen molar-refractivity contribution >= 4 is 28.3 Å². The first kappa shape index (κ1) is 10.9. The highest BCUT2D eigenvalue weighted by Gasteiger charge is 2.09. The lowest BCUT2D eigenvalue weighted by molar-refractivity contribution is 1.23. The van der Waals surface area contributed by atoms with E-state index in [1.54, 1.807) is 6.07 Å². The summed E-state index contributed by atoms with van der Waals surface area (Å²) in [6, 6.07) is 5.52. The number of benzene rings is 1. The predicted molar refractivity (Wildman–Crippen MR) is 67.2 cm³/mol. The van der Waals surface area contributed by atoms with Crippen LogP contribution in [0.1, 0.15) is 16.8 Å². The summed E-state index contributed by atoms with van der Waals surface area (Å²) in [5.74, 6) is -0.00926. The summed E-state index contributed by atoms with van der Waals surface area (Å²) < 4.78 is 0. The molecular formula is C12H12ClN3. The van der Waals surface area contributed by atoms with Gasteiger partial charge in [0.2, 0.25) is 0 Å². The van der Waals surface area contributed by atoms with Gasteiger partial charge in [-0.25, -0.2) is 0 Å². The van der Waals surface area contributed by atoms with Crippen LogP contribution in [0.25, 0.3) is 10.9 Å². The van der Waals surface area contributed by atoms with Gasteiger partial charge in [0.1, 0.15) is 5.84 Å². The average Bonchev–Trinajstić information content (AvgIpc) is 2.18. The van der Waals surface area contributed by atoms with Gasteiger partial charge in [-0.2, -0.15) is 0 Å². The van der Waals surface area contributed by atoms with Crippen LogP contribution < -0.4 is 5.73 Å². The highest BCUT2D eigenvalue weighted by Crippen LogP contribution is 2.25. The van der Waals surface area contributed by atoms with E-state index in [0.717, 1.165) is 22.2 Å². The number of pyridine rings is 1. The number of nitrogen functional groups attached to an aromatic ring is 1. The molecule has 1 heterocycles. The van der Waals surface area contributed by atoms with Crippen molar-refractivity contribution < 1.29 is 0 Å². The molecule has 3 N–H and O–H groups in total. The smallest absolute Gasteiger partial charge is 0.125 e. The van der Waals surface area contributed by atoms with Crippen LogP contribution >= 0.6 is 11.6 Å². The van der Waals surface area contributed by atoms with Crippen molar-refractivity contribution in [3.8, 4) is 0 Å². The number of nitrogens with two attached hydrogens (primary N) is 1. The van der Waals surface area contributed by atoms with Crippen LogP contribution in [0.2, 0.25) is 5.02 Å². The van der Waals surface area contributed by atoms with Gasteiger partial charge < -0.3 is 5.73 Å². The summed E-state index contributed by atoms with van der Waals surface area (Å²) in [7, 11) is 0. The summed E-state index contributed by atoms with van der Waals surface area (Å²) in [5, 5.41) is 9.06. The molecule has 0 saturated heterocycles. The van der Waals surface area contributed by atoms with Crippen molar-refractivity contribution in [3.63, 3.8) is 0 Å². The average molecular weight is 234 g/mol. The third kappa shape index (κ3) is 1.74. The largest absolute Gasteiger partial charge is 0.384 e. The number of hydrogen-bond donors (Lipinski definition) is 2. The highest BCUT2D eigenvalue weighted by molar-refractivity contribution is 6.32. The van der Waals surface area contributed by atoms with E-state index in [1.807, 2.05) is 26.0 Å². The van der Waals surface area contributed by atoms with Crippen LogP contribution in [0.4, 0.5) is 0 Å². The molecule has 0 saturated carbocycles. The fourth-order valence-electron chi connectivity index (χ4n) is 1.83. The van der Waals surface area contributed by atoms with Gasteiger partial charge in [0, 0.05) is 21.7 Å². The third-order valence-electron chi connectivity index (χ3n) is 2.50. The van der Waals surface area contributed by atoms with Gasteiger partial charge in [0.15, 0.2) is 0 Å². The Kier molecular flexibility index (Phi) is 2.56. The Morgan fingerprint density at radius 2 is 2.00 bits per heavy atom. The summed E-state index contributed by atoms with van der Waals surface area (Å²) in [6.45, 7) is 3.92. The van der Waals surface area contributed by atoms with E-state index < -0.39 is 0 Å². The van der Waals surface area contributed by atoms with E-state index in [4.69, 9.17) is 22.7 Å².